The van der Waals surface area contributed by atoms with Crippen LogP contribution in [0.15, 0.2) is 24.3 Å². The summed E-state index contributed by atoms with van der Waals surface area (Å²) in [6.07, 6.45) is 11.9. The number of nitriles is 1. The number of hydrogen-bond donors (Lipinski definition) is 4. The summed E-state index contributed by atoms with van der Waals surface area (Å²) in [5.41, 5.74) is 1.51. The number of rotatable bonds is 17. The number of Topliss-reactive ketones (excluding diaryl/α,β-unsaturated/α-hetero) is 1. The summed E-state index contributed by atoms with van der Waals surface area (Å²) in [6, 6.07) is 9.46. The molecule has 8 nitrogen and oxygen atoms in total. The third kappa shape index (κ3) is 20.8. The summed E-state index contributed by atoms with van der Waals surface area (Å²) in [5.74, 6) is 1.49. The highest BCUT2D eigenvalue weighted by molar-refractivity contribution is 7.17. The summed E-state index contributed by atoms with van der Waals surface area (Å²) < 4.78 is 33.0. The van der Waals surface area contributed by atoms with Crippen molar-refractivity contribution in [2.75, 3.05) is 31.6 Å². The molecule has 1 aromatic heterocycles. The van der Waals surface area contributed by atoms with E-state index in [9.17, 15) is 13.6 Å². The Bertz CT molecular complexity index is 1350. The molecule has 1 saturated carbocycles. The van der Waals surface area contributed by atoms with Crippen LogP contribution in [0.3, 0.4) is 0 Å². The van der Waals surface area contributed by atoms with E-state index in [2.05, 4.69) is 28.6 Å². The van der Waals surface area contributed by atoms with E-state index in [1.807, 2.05) is 52.8 Å². The Morgan fingerprint density at radius 3 is 2.21 bits per heavy atom. The molecule has 2 heterocycles. The number of nitrogens with one attached hydrogen (secondary N) is 4. The van der Waals surface area contributed by atoms with E-state index < -0.39 is 5.66 Å². The van der Waals surface area contributed by atoms with Crippen molar-refractivity contribution in [1.29, 1.82) is 16.1 Å². The summed E-state index contributed by atoms with van der Waals surface area (Å²) in [5, 5.41) is 28.9. The molecular weight excluding hydrogens is 677 g/mol. The van der Waals surface area contributed by atoms with Crippen LogP contribution in [-0.4, -0.2) is 49.0 Å². The average molecular weight is 745 g/mol. The van der Waals surface area contributed by atoms with Gasteiger partial charge in [-0.2, -0.15) is 14.0 Å². The predicted molar refractivity (Wildman–Crippen MR) is 218 cm³/mol. The van der Waals surface area contributed by atoms with E-state index in [-0.39, 0.29) is 11.3 Å². The lowest BCUT2D eigenvalue weighted by Gasteiger charge is -2.26. The molecule has 0 bridgehead atoms. The van der Waals surface area contributed by atoms with E-state index in [1.165, 1.54) is 31.9 Å². The number of aryl methyl sites for hydroxylation is 1. The van der Waals surface area contributed by atoms with E-state index in [1.54, 1.807) is 22.2 Å². The van der Waals surface area contributed by atoms with E-state index >= 15 is 0 Å². The second-order valence-electron chi connectivity index (χ2n) is 12.7. The number of ketones is 1. The topological polar surface area (TPSA) is 135 Å². The Morgan fingerprint density at radius 2 is 1.73 bits per heavy atom. The zero-order valence-corrected chi connectivity index (χ0v) is 34.2. The monoisotopic (exact) mass is 745 g/mol. The number of nitrogens with zero attached hydrogens (tertiary/aromatic N) is 2. The lowest BCUT2D eigenvalue weighted by atomic mass is 9.85. The number of ether oxygens (including phenoxy) is 1. The van der Waals surface area contributed by atoms with Gasteiger partial charge in [-0.15, -0.1) is 0 Å². The van der Waals surface area contributed by atoms with Gasteiger partial charge in [0.25, 0.3) is 5.66 Å². The van der Waals surface area contributed by atoms with E-state index in [0.29, 0.717) is 55.8 Å². The van der Waals surface area contributed by atoms with Gasteiger partial charge in [0.2, 0.25) is 0 Å². The minimum atomic E-state index is -3.02. The smallest absolute Gasteiger partial charge is 0.284 e. The number of carbonyl (C=O) groups excluding carboxylic acids is 1. The van der Waals surface area contributed by atoms with Gasteiger partial charge < -0.3 is 26.2 Å². The molecule has 0 radical (unpaired) electrons. The number of anilines is 1. The Hall–Kier alpha value is -3.12. The van der Waals surface area contributed by atoms with Gasteiger partial charge in [-0.1, -0.05) is 63.1 Å². The van der Waals surface area contributed by atoms with Gasteiger partial charge in [-0.05, 0) is 112 Å². The molecule has 1 atom stereocenters. The molecule has 1 aromatic carbocycles. The maximum atomic E-state index is 14.1. The van der Waals surface area contributed by atoms with Crippen LogP contribution in [0.5, 0.6) is 0 Å². The van der Waals surface area contributed by atoms with E-state index in [4.69, 9.17) is 20.8 Å². The third-order valence-corrected chi connectivity index (χ3v) is 8.48. The Labute approximate surface area is 315 Å². The summed E-state index contributed by atoms with van der Waals surface area (Å²) >= 11 is 0. The fourth-order valence-corrected chi connectivity index (χ4v) is 5.57. The number of hydrogen-bond acceptors (Lipinski definition) is 8. The third-order valence-electron chi connectivity index (χ3n) is 8.17. The van der Waals surface area contributed by atoms with Crippen molar-refractivity contribution in [3.05, 3.63) is 57.8 Å². The maximum absolute atomic E-state index is 14.1. The lowest BCUT2D eigenvalue weighted by Crippen LogP contribution is -2.27. The first-order valence-electron chi connectivity index (χ1n) is 19.2. The number of halogens is 2. The second-order valence-corrected chi connectivity index (χ2v) is 13.4. The lowest BCUT2D eigenvalue weighted by molar-refractivity contribution is 0.0367. The van der Waals surface area contributed by atoms with Crippen molar-refractivity contribution in [2.45, 2.75) is 138 Å². The number of alkyl halides is 2. The zero-order chi connectivity index (χ0) is 39.4. The predicted octanol–water partition coefficient (Wildman–Crippen LogP) is 10.6. The molecule has 1 unspecified atom stereocenters. The molecule has 2 fully saturated rings. The molecule has 1 aliphatic heterocycles. The highest BCUT2D eigenvalue weighted by Gasteiger charge is 2.30. The Kier molecular flexibility index (Phi) is 27.6. The summed E-state index contributed by atoms with van der Waals surface area (Å²) in [7, 11) is 1.62. The van der Waals surface area contributed by atoms with Gasteiger partial charge in [-0.3, -0.25) is 4.79 Å². The second kappa shape index (κ2) is 29.3. The number of unbranched alkanes of at least 4 members (excludes halogenated alkanes) is 1. The van der Waals surface area contributed by atoms with Crippen molar-refractivity contribution >= 4 is 32.8 Å². The number of pyridine rings is 1. The standard InChI is InChI=1S/C20H30F2NOP.C14H20N4.C3H6O.C2H5N.C2H6/c1-3-5-9-19(24)17-10-15(13-23-12-14-7-6-8-14)11-18(16(17)4-2)20(21,22)25;1-3-5-13(16)9-12-8-11(2)18-14(10-12)17-7-4-6-15;1-2-4-3-1;1-2-3;1-2/h10-11,14,23H,3-9,12-13,25H2,1-2H3;8,10,16H,3-5,7,9H2,1-2H3,(H,17,18);1-3H2;2-3H,1H3;1-2H3. The van der Waals surface area contributed by atoms with Gasteiger partial charge in [0.1, 0.15) is 5.82 Å². The molecule has 4 N–H and O–H groups in total. The quantitative estimate of drug-likeness (QED) is 0.0551. The number of benzene rings is 1. The minimum absolute atomic E-state index is 0.0185. The van der Waals surface area contributed by atoms with Crippen molar-refractivity contribution in [2.24, 2.45) is 5.92 Å². The molecule has 0 amide bonds. The van der Waals surface area contributed by atoms with E-state index in [0.717, 1.165) is 73.8 Å². The van der Waals surface area contributed by atoms with Crippen LogP contribution in [0.4, 0.5) is 14.6 Å². The normalized spacial score (nSPS) is 12.9. The molecule has 52 heavy (non-hydrogen) atoms. The van der Waals surface area contributed by atoms with Crippen LogP contribution < -0.4 is 10.6 Å². The zero-order valence-electron chi connectivity index (χ0n) is 33.0. The van der Waals surface area contributed by atoms with Crippen molar-refractivity contribution < 1.29 is 18.3 Å². The molecule has 292 valence electrons. The molecule has 11 heteroatoms. The van der Waals surface area contributed by atoms with Gasteiger partial charge in [0.15, 0.2) is 5.78 Å². The van der Waals surface area contributed by atoms with Gasteiger partial charge >= 0.3 is 0 Å². The number of carbonyl (C=O) groups is 1. The van der Waals surface area contributed by atoms with Crippen LogP contribution in [0, 0.1) is 35.0 Å². The van der Waals surface area contributed by atoms with Crippen molar-refractivity contribution in [1.82, 2.24) is 10.3 Å². The van der Waals surface area contributed by atoms with Gasteiger partial charge in [-0.25, -0.2) is 4.98 Å². The van der Waals surface area contributed by atoms with Crippen LogP contribution in [0.1, 0.15) is 144 Å². The molecule has 0 spiro atoms. The summed E-state index contributed by atoms with van der Waals surface area (Å²) in [4.78, 5) is 16.9. The maximum Gasteiger partial charge on any atom is 0.284 e. The fourth-order valence-electron chi connectivity index (χ4n) is 5.31. The fraction of sp³-hybridized carbons (Fsp3) is 0.634. The largest absolute Gasteiger partial charge is 0.381 e. The molecule has 4 rings (SSSR count). The first-order valence-corrected chi connectivity index (χ1v) is 19.8. The van der Waals surface area contributed by atoms with Crippen molar-refractivity contribution in [3.63, 3.8) is 0 Å². The highest BCUT2D eigenvalue weighted by Crippen LogP contribution is 2.39. The van der Waals surface area contributed by atoms with Crippen molar-refractivity contribution in [3.8, 4) is 6.07 Å². The molecule has 1 aliphatic carbocycles. The highest BCUT2D eigenvalue weighted by atomic mass is 31.0. The number of aromatic nitrogens is 1. The van der Waals surface area contributed by atoms with Crippen LogP contribution in [0.25, 0.3) is 0 Å². The summed E-state index contributed by atoms with van der Waals surface area (Å²) in [6.45, 7) is 17.6. The Morgan fingerprint density at radius 1 is 1.10 bits per heavy atom. The molecule has 1 saturated heterocycles. The van der Waals surface area contributed by atoms with Crippen LogP contribution in [0.2, 0.25) is 0 Å². The van der Waals surface area contributed by atoms with Gasteiger partial charge in [0.05, 0.1) is 12.5 Å². The SMILES string of the molecule is C1COC1.CC.CC=N.CCCC(=N)Cc1cc(C)nc(NCCC#N)c1.CCCCC(=O)c1cc(CNCC2CCC2)cc(C(F)(F)P)c1CC. The first kappa shape index (κ1) is 48.9. The van der Waals surface area contributed by atoms with Crippen LogP contribution in [-0.2, 0) is 29.8 Å². The Balaban J connectivity index is 0.000000835. The average Bonchev–Trinajstić information content (AvgIpc) is 3.04. The minimum Gasteiger partial charge on any atom is -0.381 e. The first-order chi connectivity index (χ1) is 24.9. The van der Waals surface area contributed by atoms with Gasteiger partial charge in [0, 0.05) is 61.7 Å². The molecule has 2 aliphatic rings. The van der Waals surface area contributed by atoms with Crippen LogP contribution >= 0.6 is 9.24 Å². The molecular formula is C41H67F2N6O2P. The molecule has 2 aromatic rings.